The fourth-order valence-corrected chi connectivity index (χ4v) is 3.49. The molecule has 0 saturated carbocycles. The van der Waals surface area contributed by atoms with Crippen LogP contribution < -0.4 is 0 Å². The molecule has 0 spiro atoms. The second-order valence-electron chi connectivity index (χ2n) is 7.22. The molecule has 0 aliphatic carbocycles. The summed E-state index contributed by atoms with van der Waals surface area (Å²) in [6.07, 6.45) is 4.54. The number of aromatic nitrogens is 1. The molecule has 30 heavy (non-hydrogen) atoms. The molecule has 0 amide bonds. The highest BCUT2D eigenvalue weighted by Gasteiger charge is 2.25. The van der Waals surface area contributed by atoms with Gasteiger partial charge in [-0.1, -0.05) is 60.7 Å². The summed E-state index contributed by atoms with van der Waals surface area (Å²) in [6, 6.07) is 22.1. The van der Waals surface area contributed by atoms with Gasteiger partial charge in [-0.15, -0.1) is 6.58 Å². The lowest BCUT2D eigenvalue weighted by atomic mass is 9.87. The molecule has 2 aromatic carbocycles. The number of rotatable bonds is 9. The summed E-state index contributed by atoms with van der Waals surface area (Å²) in [5.41, 5.74) is 3.12. The predicted molar refractivity (Wildman–Crippen MR) is 121 cm³/mol. The molecule has 4 heteroatoms. The number of pyridine rings is 1. The highest BCUT2D eigenvalue weighted by Crippen LogP contribution is 2.31. The van der Waals surface area contributed by atoms with E-state index in [9.17, 15) is 15.3 Å². The topological polar surface area (TPSA) is 73.6 Å². The Morgan fingerprint density at radius 2 is 1.63 bits per heavy atom. The normalized spacial score (nSPS) is 14.7. The van der Waals surface area contributed by atoms with E-state index in [1.165, 1.54) is 0 Å². The molecule has 0 aliphatic rings. The largest absolute Gasteiger partial charge is 0.507 e. The Kier molecular flexibility index (Phi) is 7.55. The van der Waals surface area contributed by atoms with Gasteiger partial charge in [-0.25, -0.2) is 0 Å². The van der Waals surface area contributed by atoms with Gasteiger partial charge in [-0.2, -0.15) is 0 Å². The summed E-state index contributed by atoms with van der Waals surface area (Å²) in [5, 5.41) is 31.7. The van der Waals surface area contributed by atoms with Crippen molar-refractivity contribution in [1.29, 1.82) is 0 Å². The first-order valence-corrected chi connectivity index (χ1v) is 10.0. The van der Waals surface area contributed by atoms with Gasteiger partial charge in [0.1, 0.15) is 5.75 Å². The van der Waals surface area contributed by atoms with Crippen LogP contribution in [0.1, 0.15) is 35.8 Å². The first-order chi connectivity index (χ1) is 14.6. The van der Waals surface area contributed by atoms with Gasteiger partial charge in [0.15, 0.2) is 0 Å². The number of benzene rings is 2. The molecule has 1 heterocycles. The van der Waals surface area contributed by atoms with Crippen molar-refractivity contribution in [3.63, 3.8) is 0 Å². The van der Waals surface area contributed by atoms with Gasteiger partial charge in [0.25, 0.3) is 0 Å². The number of aliphatic hydroxyl groups excluding tert-OH is 2. The Labute approximate surface area is 177 Å². The number of hydrogen-bond donors (Lipinski definition) is 3. The van der Waals surface area contributed by atoms with Crippen molar-refractivity contribution in [2.24, 2.45) is 5.92 Å². The number of nitrogens with zero attached hydrogens (tertiary/aromatic N) is 1. The van der Waals surface area contributed by atoms with E-state index in [0.717, 1.165) is 16.8 Å². The molecule has 0 aliphatic heterocycles. The van der Waals surface area contributed by atoms with E-state index in [4.69, 9.17) is 0 Å². The number of phenols is 1. The van der Waals surface area contributed by atoms with E-state index in [1.807, 2.05) is 66.7 Å². The van der Waals surface area contributed by atoms with Crippen LogP contribution in [-0.4, -0.2) is 26.4 Å². The average Bonchev–Trinajstić information content (AvgIpc) is 2.79. The van der Waals surface area contributed by atoms with Crippen molar-refractivity contribution in [1.82, 2.24) is 4.98 Å². The smallest absolute Gasteiger partial charge is 0.122 e. The van der Waals surface area contributed by atoms with Crippen LogP contribution in [0.4, 0.5) is 0 Å². The third kappa shape index (κ3) is 5.44. The maximum absolute atomic E-state index is 10.8. The Morgan fingerprint density at radius 1 is 0.933 bits per heavy atom. The second kappa shape index (κ2) is 10.5. The van der Waals surface area contributed by atoms with E-state index in [0.29, 0.717) is 18.4 Å². The lowest BCUT2D eigenvalue weighted by Gasteiger charge is -2.25. The fraction of sp³-hybridized carbons (Fsp3) is 0.192. The molecule has 4 nitrogen and oxygen atoms in total. The molecule has 0 fully saturated rings. The van der Waals surface area contributed by atoms with Crippen molar-refractivity contribution in [2.75, 3.05) is 0 Å². The van der Waals surface area contributed by atoms with E-state index in [1.54, 1.807) is 24.4 Å². The van der Waals surface area contributed by atoms with Gasteiger partial charge in [0, 0.05) is 17.7 Å². The van der Waals surface area contributed by atoms with Gasteiger partial charge < -0.3 is 15.3 Å². The van der Waals surface area contributed by atoms with Crippen LogP contribution in [0.15, 0.2) is 91.6 Å². The van der Waals surface area contributed by atoms with Gasteiger partial charge >= 0.3 is 0 Å². The van der Waals surface area contributed by atoms with E-state index >= 15 is 0 Å². The third-order valence-corrected chi connectivity index (χ3v) is 5.19. The second-order valence-corrected chi connectivity index (χ2v) is 7.22. The van der Waals surface area contributed by atoms with Gasteiger partial charge in [0.05, 0.1) is 17.9 Å². The maximum atomic E-state index is 10.8. The van der Waals surface area contributed by atoms with Crippen LogP contribution in [0.25, 0.3) is 11.6 Å². The molecule has 0 saturated heterocycles. The molecular weight excluding hydrogens is 374 g/mol. The monoisotopic (exact) mass is 401 g/mol. The molecule has 154 valence electrons. The zero-order valence-corrected chi connectivity index (χ0v) is 16.8. The Hall–Kier alpha value is -3.21. The quantitative estimate of drug-likeness (QED) is 0.441. The van der Waals surface area contributed by atoms with E-state index in [-0.39, 0.29) is 5.75 Å². The van der Waals surface area contributed by atoms with Crippen molar-refractivity contribution >= 4 is 11.6 Å². The minimum atomic E-state index is -0.834. The van der Waals surface area contributed by atoms with Crippen LogP contribution in [0, 0.1) is 5.92 Å². The average molecular weight is 402 g/mol. The SMILES string of the molecule is C=C[C@H]([C@H](O)CC/C(=C/c1ccccc1O)c1ccccn1)[C@H](O)c1ccccc1. The Bertz CT molecular complexity index is 970. The lowest BCUT2D eigenvalue weighted by molar-refractivity contribution is 0.0325. The molecule has 0 unspecified atom stereocenters. The van der Waals surface area contributed by atoms with Gasteiger partial charge in [-0.3, -0.25) is 4.98 Å². The molecule has 3 rings (SSSR count). The molecule has 0 radical (unpaired) electrons. The predicted octanol–water partition coefficient (Wildman–Crippen LogP) is 5.00. The van der Waals surface area contributed by atoms with Crippen LogP contribution in [-0.2, 0) is 0 Å². The molecule has 3 N–H and O–H groups in total. The molecular formula is C26H27NO3. The van der Waals surface area contributed by atoms with Crippen molar-refractivity contribution in [2.45, 2.75) is 25.0 Å². The van der Waals surface area contributed by atoms with Crippen LogP contribution in [0.5, 0.6) is 5.75 Å². The minimum Gasteiger partial charge on any atom is -0.507 e. The summed E-state index contributed by atoms with van der Waals surface area (Å²) >= 11 is 0. The number of hydrogen-bond acceptors (Lipinski definition) is 4. The summed E-state index contributed by atoms with van der Waals surface area (Å²) < 4.78 is 0. The van der Waals surface area contributed by atoms with Crippen molar-refractivity contribution in [3.8, 4) is 5.75 Å². The minimum absolute atomic E-state index is 0.190. The summed E-state index contributed by atoms with van der Waals surface area (Å²) in [6.45, 7) is 3.81. The first-order valence-electron chi connectivity index (χ1n) is 10.0. The number of para-hydroxylation sites is 1. The highest BCUT2D eigenvalue weighted by atomic mass is 16.3. The first kappa shape index (κ1) is 21.5. The van der Waals surface area contributed by atoms with Crippen LogP contribution in [0.2, 0.25) is 0 Å². The molecule has 3 atom stereocenters. The number of phenolic OH excluding ortho intramolecular Hbond substituents is 1. The maximum Gasteiger partial charge on any atom is 0.122 e. The van der Waals surface area contributed by atoms with Gasteiger partial charge in [0.2, 0.25) is 0 Å². The Balaban J connectivity index is 1.79. The number of aliphatic hydroxyl groups is 2. The van der Waals surface area contributed by atoms with Crippen molar-refractivity contribution < 1.29 is 15.3 Å². The van der Waals surface area contributed by atoms with Gasteiger partial charge in [-0.05, 0) is 48.3 Å². The van der Waals surface area contributed by atoms with Crippen LogP contribution in [0.3, 0.4) is 0 Å². The zero-order chi connectivity index (χ0) is 21.3. The third-order valence-electron chi connectivity index (χ3n) is 5.19. The molecule has 1 aromatic heterocycles. The lowest BCUT2D eigenvalue weighted by Crippen LogP contribution is -2.25. The molecule has 3 aromatic rings. The number of allylic oxidation sites excluding steroid dienone is 1. The standard InChI is InChI=1S/C26H27NO3/c1-2-22(26(30)19-10-4-3-5-11-19)25(29)16-15-20(23-13-8-9-17-27-23)18-21-12-6-7-14-24(21)28/h2-14,17-18,22,25-26,28-30H,1,15-16H2/b20-18-/t22-,25-,26-/m1/s1. The highest BCUT2D eigenvalue weighted by molar-refractivity contribution is 5.81. The summed E-state index contributed by atoms with van der Waals surface area (Å²) in [7, 11) is 0. The molecule has 0 bridgehead atoms. The summed E-state index contributed by atoms with van der Waals surface area (Å²) in [5.74, 6) is -0.308. The van der Waals surface area contributed by atoms with E-state index in [2.05, 4.69) is 11.6 Å². The fourth-order valence-electron chi connectivity index (χ4n) is 3.49. The van der Waals surface area contributed by atoms with Crippen molar-refractivity contribution in [3.05, 3.63) is 108 Å². The number of aromatic hydroxyl groups is 1. The Morgan fingerprint density at radius 3 is 2.30 bits per heavy atom. The zero-order valence-electron chi connectivity index (χ0n) is 16.8. The van der Waals surface area contributed by atoms with E-state index < -0.39 is 18.1 Å². The summed E-state index contributed by atoms with van der Waals surface area (Å²) in [4.78, 5) is 4.43. The van der Waals surface area contributed by atoms with Crippen LogP contribution >= 0.6 is 0 Å².